The first-order valence-corrected chi connectivity index (χ1v) is 10.3. The molecule has 2 aromatic carbocycles. The lowest BCUT2D eigenvalue weighted by atomic mass is 9.79. The first-order chi connectivity index (χ1) is 14.3. The molecular weight excluding hydrogens is 374 g/mol. The fourth-order valence-corrected chi connectivity index (χ4v) is 4.44. The van der Waals surface area contributed by atoms with Gasteiger partial charge in [0.1, 0.15) is 17.4 Å². The Morgan fingerprint density at radius 2 is 2.03 bits per heavy atom. The Kier molecular flexibility index (Phi) is 6.17. The predicted octanol–water partition coefficient (Wildman–Crippen LogP) is 5.35. The van der Waals surface area contributed by atoms with Crippen molar-refractivity contribution in [1.82, 2.24) is 0 Å². The molecule has 2 aromatic rings. The third kappa shape index (κ3) is 4.18. The van der Waals surface area contributed by atoms with Crippen LogP contribution in [0.25, 0.3) is 6.08 Å². The molecule has 5 heteroatoms. The van der Waals surface area contributed by atoms with Crippen LogP contribution in [-0.2, 0) is 4.79 Å². The van der Waals surface area contributed by atoms with Gasteiger partial charge in [-0.05, 0) is 62.9 Å². The molecule has 1 unspecified atom stereocenters. The van der Waals surface area contributed by atoms with Gasteiger partial charge in [0.15, 0.2) is 0 Å². The molecule has 30 heavy (non-hydrogen) atoms. The lowest BCUT2D eigenvalue weighted by Crippen LogP contribution is -2.48. The molecule has 0 radical (unpaired) electrons. The normalized spacial score (nSPS) is 17.7. The van der Waals surface area contributed by atoms with Gasteiger partial charge >= 0.3 is 0 Å². The van der Waals surface area contributed by atoms with Gasteiger partial charge in [0, 0.05) is 35.1 Å². The average Bonchev–Trinajstić information content (AvgIpc) is 2.72. The van der Waals surface area contributed by atoms with Crippen molar-refractivity contribution in [2.45, 2.75) is 45.6 Å². The Bertz CT molecular complexity index is 1000. The number of carbonyl (C=O) groups excluding carboxylic acids is 1. The Morgan fingerprint density at radius 1 is 1.33 bits per heavy atom. The Labute approximate surface area is 179 Å². The van der Waals surface area contributed by atoms with E-state index in [9.17, 15) is 10.1 Å². The standard InChI is InChI=1S/C25H29N3O2/c1-6-28-22-14-23(30-5)18(13-21(22)17(2)15-25(28,3)4)12-19(16-26)24(29)27-20-10-8-7-9-11-20/h7-14,17H,6,15H2,1-5H3,(H,27,29)/b19-12+. The van der Waals surface area contributed by atoms with Crippen molar-refractivity contribution in [3.05, 3.63) is 59.2 Å². The molecule has 1 aliphatic rings. The minimum absolute atomic E-state index is 0.0354. The molecule has 1 N–H and O–H groups in total. The highest BCUT2D eigenvalue weighted by Gasteiger charge is 2.36. The number of para-hydroxylation sites is 1. The Hall–Kier alpha value is -3.26. The summed E-state index contributed by atoms with van der Waals surface area (Å²) in [5, 5.41) is 12.4. The lowest BCUT2D eigenvalue weighted by Gasteiger charge is -2.47. The van der Waals surface area contributed by atoms with Crippen LogP contribution in [0.3, 0.4) is 0 Å². The Balaban J connectivity index is 2.02. The van der Waals surface area contributed by atoms with Crippen LogP contribution < -0.4 is 15.0 Å². The van der Waals surface area contributed by atoms with E-state index in [1.165, 1.54) is 5.56 Å². The van der Waals surface area contributed by atoms with Crippen LogP contribution in [0, 0.1) is 11.3 Å². The van der Waals surface area contributed by atoms with Crippen LogP contribution in [0.15, 0.2) is 48.0 Å². The van der Waals surface area contributed by atoms with Gasteiger partial charge in [0.2, 0.25) is 0 Å². The molecule has 0 fully saturated rings. The second kappa shape index (κ2) is 8.62. The number of nitriles is 1. The van der Waals surface area contributed by atoms with Gasteiger partial charge < -0.3 is 15.0 Å². The van der Waals surface area contributed by atoms with Crippen molar-refractivity contribution in [1.29, 1.82) is 5.26 Å². The van der Waals surface area contributed by atoms with Crippen LogP contribution in [0.4, 0.5) is 11.4 Å². The van der Waals surface area contributed by atoms with Crippen LogP contribution in [0.2, 0.25) is 0 Å². The topological polar surface area (TPSA) is 65.4 Å². The van der Waals surface area contributed by atoms with E-state index in [0.29, 0.717) is 17.4 Å². The molecule has 1 amide bonds. The van der Waals surface area contributed by atoms with Gasteiger partial charge in [-0.15, -0.1) is 0 Å². The summed E-state index contributed by atoms with van der Waals surface area (Å²) < 4.78 is 5.64. The van der Waals surface area contributed by atoms with E-state index in [-0.39, 0.29) is 11.1 Å². The summed E-state index contributed by atoms with van der Waals surface area (Å²) in [6, 6.07) is 15.2. The zero-order chi connectivity index (χ0) is 21.9. The molecule has 0 aromatic heterocycles. The quantitative estimate of drug-likeness (QED) is 0.540. The number of nitrogens with one attached hydrogen (secondary N) is 1. The number of hydrogen-bond acceptors (Lipinski definition) is 4. The van der Waals surface area contributed by atoms with E-state index in [4.69, 9.17) is 4.74 Å². The SMILES string of the molecule is CCN1c2cc(OC)c(/C=C(\C#N)C(=O)Nc3ccccc3)cc2C(C)CC1(C)C. The summed E-state index contributed by atoms with van der Waals surface area (Å²) in [7, 11) is 1.61. The highest BCUT2D eigenvalue weighted by Crippen LogP contribution is 2.45. The van der Waals surface area contributed by atoms with Gasteiger partial charge in [-0.3, -0.25) is 4.79 Å². The fraction of sp³-hybridized carbons (Fsp3) is 0.360. The van der Waals surface area contributed by atoms with Gasteiger partial charge in [-0.1, -0.05) is 25.1 Å². The molecule has 0 saturated carbocycles. The lowest BCUT2D eigenvalue weighted by molar-refractivity contribution is -0.112. The van der Waals surface area contributed by atoms with Gasteiger partial charge in [0.05, 0.1) is 7.11 Å². The highest BCUT2D eigenvalue weighted by atomic mass is 16.5. The number of amides is 1. The largest absolute Gasteiger partial charge is 0.496 e. The number of hydrogen-bond donors (Lipinski definition) is 1. The third-order valence-electron chi connectivity index (χ3n) is 5.75. The molecular formula is C25H29N3O2. The molecule has 0 saturated heterocycles. The summed E-state index contributed by atoms with van der Waals surface area (Å²) >= 11 is 0. The van der Waals surface area contributed by atoms with Crippen LogP contribution in [0.1, 0.15) is 51.2 Å². The van der Waals surface area contributed by atoms with E-state index >= 15 is 0 Å². The van der Waals surface area contributed by atoms with Gasteiger partial charge in [-0.2, -0.15) is 5.26 Å². The van der Waals surface area contributed by atoms with Crippen LogP contribution in [0.5, 0.6) is 5.75 Å². The van der Waals surface area contributed by atoms with Crippen molar-refractivity contribution in [3.8, 4) is 11.8 Å². The number of methoxy groups -OCH3 is 1. The molecule has 156 valence electrons. The smallest absolute Gasteiger partial charge is 0.266 e. The highest BCUT2D eigenvalue weighted by molar-refractivity contribution is 6.09. The molecule has 0 spiro atoms. The van der Waals surface area contributed by atoms with Crippen LogP contribution in [-0.4, -0.2) is 25.1 Å². The van der Waals surface area contributed by atoms with Crippen molar-refractivity contribution >= 4 is 23.4 Å². The maximum absolute atomic E-state index is 12.6. The summed E-state index contributed by atoms with van der Waals surface area (Å²) in [5.74, 6) is 0.574. The zero-order valence-electron chi connectivity index (χ0n) is 18.3. The monoisotopic (exact) mass is 403 g/mol. The van der Waals surface area contributed by atoms with Crippen molar-refractivity contribution in [2.75, 3.05) is 23.9 Å². The minimum atomic E-state index is -0.437. The first-order valence-electron chi connectivity index (χ1n) is 10.3. The number of nitrogens with zero attached hydrogens (tertiary/aromatic N) is 2. The fourth-order valence-electron chi connectivity index (χ4n) is 4.44. The van der Waals surface area contributed by atoms with E-state index in [1.807, 2.05) is 30.3 Å². The molecule has 1 aliphatic heterocycles. The summed E-state index contributed by atoms with van der Waals surface area (Å²) in [5.41, 5.74) is 3.84. The van der Waals surface area contributed by atoms with E-state index in [2.05, 4.69) is 44.0 Å². The minimum Gasteiger partial charge on any atom is -0.496 e. The van der Waals surface area contributed by atoms with Crippen LogP contribution >= 0.6 is 0 Å². The van der Waals surface area contributed by atoms with Crippen molar-refractivity contribution in [2.24, 2.45) is 0 Å². The number of benzene rings is 2. The van der Waals surface area contributed by atoms with Crippen molar-refractivity contribution < 1.29 is 9.53 Å². The molecule has 1 atom stereocenters. The number of anilines is 2. The maximum atomic E-state index is 12.6. The van der Waals surface area contributed by atoms with E-state index < -0.39 is 5.91 Å². The first kappa shape index (κ1) is 21.4. The number of carbonyl (C=O) groups is 1. The molecule has 1 heterocycles. The molecule has 5 nitrogen and oxygen atoms in total. The van der Waals surface area contributed by atoms with E-state index in [1.54, 1.807) is 25.3 Å². The van der Waals surface area contributed by atoms with Gasteiger partial charge in [-0.25, -0.2) is 0 Å². The van der Waals surface area contributed by atoms with E-state index in [0.717, 1.165) is 24.2 Å². The summed E-state index contributed by atoms with van der Waals surface area (Å²) in [6.45, 7) is 9.80. The maximum Gasteiger partial charge on any atom is 0.266 e. The Morgan fingerprint density at radius 3 is 2.63 bits per heavy atom. The molecule has 3 rings (SSSR count). The number of ether oxygens (including phenoxy) is 1. The third-order valence-corrected chi connectivity index (χ3v) is 5.75. The second-order valence-electron chi connectivity index (χ2n) is 8.30. The summed E-state index contributed by atoms with van der Waals surface area (Å²) in [6.07, 6.45) is 2.64. The number of fused-ring (bicyclic) bond motifs is 1. The molecule has 0 bridgehead atoms. The predicted molar refractivity (Wildman–Crippen MR) is 122 cm³/mol. The molecule has 0 aliphatic carbocycles. The number of rotatable bonds is 5. The van der Waals surface area contributed by atoms with Gasteiger partial charge in [0.25, 0.3) is 5.91 Å². The average molecular weight is 404 g/mol. The second-order valence-corrected chi connectivity index (χ2v) is 8.30. The zero-order valence-corrected chi connectivity index (χ0v) is 18.3. The summed E-state index contributed by atoms with van der Waals surface area (Å²) in [4.78, 5) is 15.0. The van der Waals surface area contributed by atoms with Crippen molar-refractivity contribution in [3.63, 3.8) is 0 Å².